The van der Waals surface area contributed by atoms with Crippen molar-refractivity contribution in [1.82, 2.24) is 5.32 Å². The number of benzene rings is 1. The van der Waals surface area contributed by atoms with Crippen molar-refractivity contribution in [2.24, 2.45) is 5.92 Å². The van der Waals surface area contributed by atoms with Crippen LogP contribution >= 0.6 is 11.6 Å². The highest BCUT2D eigenvalue weighted by Gasteiger charge is 2.23. The van der Waals surface area contributed by atoms with E-state index in [-0.39, 0.29) is 18.2 Å². The second-order valence-corrected chi connectivity index (χ2v) is 5.50. The Morgan fingerprint density at radius 3 is 2.52 bits per heavy atom. The normalized spacial score (nSPS) is 12.0. The number of carbonyl (C=O) groups is 2. The number of methoxy groups -OCH3 is 1. The van der Waals surface area contributed by atoms with Gasteiger partial charge in [-0.05, 0) is 30.0 Å². The Morgan fingerprint density at radius 1 is 1.38 bits per heavy atom. The largest absolute Gasteiger partial charge is 0.495 e. The topological polar surface area (TPSA) is 75.6 Å². The van der Waals surface area contributed by atoms with Gasteiger partial charge in [-0.1, -0.05) is 31.5 Å². The van der Waals surface area contributed by atoms with Gasteiger partial charge in [0.25, 0.3) is 0 Å². The van der Waals surface area contributed by atoms with Crippen LogP contribution in [0, 0.1) is 5.92 Å². The first kappa shape index (κ1) is 17.3. The standard InChI is InChI=1S/C15H20ClNO4/c1-9(2)14(15(19)20)17-13(18)7-5-10-4-6-12(21-3)11(16)8-10/h4,6,8-9,14H,5,7H2,1-3H3,(H,17,18)(H,19,20)/t14-/m0/s1. The molecule has 0 fully saturated rings. The number of aryl methyl sites for hydroxylation is 1. The predicted molar refractivity (Wildman–Crippen MR) is 80.7 cm³/mol. The molecular weight excluding hydrogens is 294 g/mol. The van der Waals surface area contributed by atoms with Crippen molar-refractivity contribution >= 4 is 23.5 Å². The lowest BCUT2D eigenvalue weighted by Crippen LogP contribution is -2.44. The Morgan fingerprint density at radius 2 is 2.05 bits per heavy atom. The van der Waals surface area contributed by atoms with Gasteiger partial charge < -0.3 is 15.2 Å². The van der Waals surface area contributed by atoms with E-state index in [1.54, 1.807) is 26.0 Å². The summed E-state index contributed by atoms with van der Waals surface area (Å²) in [6.07, 6.45) is 0.694. The number of hydrogen-bond acceptors (Lipinski definition) is 3. The van der Waals surface area contributed by atoms with Crippen LogP contribution in [0.3, 0.4) is 0 Å². The zero-order chi connectivity index (χ0) is 16.0. The molecule has 0 aliphatic rings. The number of aliphatic carboxylic acids is 1. The van der Waals surface area contributed by atoms with Crippen molar-refractivity contribution in [3.05, 3.63) is 28.8 Å². The second kappa shape index (κ2) is 7.88. The van der Waals surface area contributed by atoms with Gasteiger partial charge in [-0.3, -0.25) is 4.79 Å². The maximum Gasteiger partial charge on any atom is 0.326 e. The van der Waals surface area contributed by atoms with Crippen LogP contribution in [-0.4, -0.2) is 30.1 Å². The average Bonchev–Trinajstić information content (AvgIpc) is 2.42. The second-order valence-electron chi connectivity index (χ2n) is 5.10. The first-order valence-corrected chi connectivity index (χ1v) is 7.07. The summed E-state index contributed by atoms with van der Waals surface area (Å²) in [6.45, 7) is 3.50. The highest BCUT2D eigenvalue weighted by Crippen LogP contribution is 2.25. The zero-order valence-corrected chi connectivity index (χ0v) is 13.1. The van der Waals surface area contributed by atoms with Gasteiger partial charge in [0.05, 0.1) is 12.1 Å². The molecule has 0 bridgehead atoms. The number of carboxylic acid groups (broad SMARTS) is 1. The third kappa shape index (κ3) is 5.27. The number of carbonyl (C=O) groups excluding carboxylic acids is 1. The van der Waals surface area contributed by atoms with Gasteiger partial charge in [0, 0.05) is 6.42 Å². The molecule has 0 aliphatic carbocycles. The summed E-state index contributed by atoms with van der Waals surface area (Å²) in [5.41, 5.74) is 0.896. The summed E-state index contributed by atoms with van der Waals surface area (Å²) in [5.74, 6) is -0.897. The van der Waals surface area contributed by atoms with E-state index < -0.39 is 12.0 Å². The highest BCUT2D eigenvalue weighted by atomic mass is 35.5. The lowest BCUT2D eigenvalue weighted by Gasteiger charge is -2.17. The van der Waals surface area contributed by atoms with E-state index in [0.29, 0.717) is 17.2 Å². The van der Waals surface area contributed by atoms with Crippen LogP contribution in [0.5, 0.6) is 5.75 Å². The van der Waals surface area contributed by atoms with Crippen LogP contribution in [-0.2, 0) is 16.0 Å². The fourth-order valence-electron chi connectivity index (χ4n) is 1.88. The van der Waals surface area contributed by atoms with E-state index in [0.717, 1.165) is 5.56 Å². The summed E-state index contributed by atoms with van der Waals surface area (Å²) >= 11 is 6.01. The van der Waals surface area contributed by atoms with Gasteiger partial charge in [-0.15, -0.1) is 0 Å². The number of hydrogen-bond donors (Lipinski definition) is 2. The van der Waals surface area contributed by atoms with Crippen LogP contribution < -0.4 is 10.1 Å². The van der Waals surface area contributed by atoms with Crippen LogP contribution in [0.15, 0.2) is 18.2 Å². The molecule has 21 heavy (non-hydrogen) atoms. The van der Waals surface area contributed by atoms with Crippen LogP contribution in [0.2, 0.25) is 5.02 Å². The van der Waals surface area contributed by atoms with Gasteiger partial charge in [0.2, 0.25) is 5.91 Å². The van der Waals surface area contributed by atoms with Gasteiger partial charge in [0.1, 0.15) is 11.8 Å². The van der Waals surface area contributed by atoms with E-state index in [1.807, 2.05) is 6.07 Å². The van der Waals surface area contributed by atoms with Crippen molar-refractivity contribution in [3.63, 3.8) is 0 Å². The third-order valence-corrected chi connectivity index (χ3v) is 3.40. The predicted octanol–water partition coefficient (Wildman–Crippen LogP) is 2.51. The molecule has 2 N–H and O–H groups in total. The molecule has 1 aromatic rings. The Kier molecular flexibility index (Phi) is 6.49. The van der Waals surface area contributed by atoms with Crippen molar-refractivity contribution < 1.29 is 19.4 Å². The molecule has 6 heteroatoms. The number of amides is 1. The van der Waals surface area contributed by atoms with E-state index in [1.165, 1.54) is 7.11 Å². The van der Waals surface area contributed by atoms with Gasteiger partial charge >= 0.3 is 5.97 Å². The van der Waals surface area contributed by atoms with Crippen LogP contribution in [0.25, 0.3) is 0 Å². The molecule has 0 heterocycles. The summed E-state index contributed by atoms with van der Waals surface area (Å²) in [7, 11) is 1.53. The first-order valence-electron chi connectivity index (χ1n) is 6.69. The third-order valence-electron chi connectivity index (χ3n) is 3.11. The molecule has 1 atom stereocenters. The van der Waals surface area contributed by atoms with E-state index >= 15 is 0 Å². The molecule has 0 spiro atoms. The van der Waals surface area contributed by atoms with Crippen molar-refractivity contribution in [1.29, 1.82) is 0 Å². The van der Waals surface area contributed by atoms with E-state index in [9.17, 15) is 9.59 Å². The smallest absolute Gasteiger partial charge is 0.326 e. The molecule has 0 saturated carbocycles. The number of halogens is 1. The molecule has 5 nitrogen and oxygen atoms in total. The number of nitrogens with one attached hydrogen (secondary N) is 1. The Bertz CT molecular complexity index is 516. The highest BCUT2D eigenvalue weighted by molar-refractivity contribution is 6.32. The number of rotatable bonds is 7. The summed E-state index contributed by atoms with van der Waals surface area (Å²) in [6, 6.07) is 4.45. The van der Waals surface area contributed by atoms with Crippen LogP contribution in [0.1, 0.15) is 25.8 Å². The summed E-state index contributed by atoms with van der Waals surface area (Å²) in [5, 5.41) is 12.0. The van der Waals surface area contributed by atoms with E-state index in [4.69, 9.17) is 21.4 Å². The molecule has 1 rings (SSSR count). The lowest BCUT2D eigenvalue weighted by molar-refractivity contribution is -0.143. The minimum absolute atomic E-state index is 0.165. The average molecular weight is 314 g/mol. The van der Waals surface area contributed by atoms with Crippen molar-refractivity contribution in [3.8, 4) is 5.75 Å². The molecule has 0 aliphatic heterocycles. The fraction of sp³-hybridized carbons (Fsp3) is 0.467. The van der Waals surface area contributed by atoms with Crippen LogP contribution in [0.4, 0.5) is 0 Å². The monoisotopic (exact) mass is 313 g/mol. The summed E-state index contributed by atoms with van der Waals surface area (Å²) < 4.78 is 5.05. The molecule has 1 amide bonds. The Labute approximate surface area is 129 Å². The molecule has 0 aromatic heterocycles. The van der Waals surface area contributed by atoms with E-state index in [2.05, 4.69) is 5.32 Å². The number of carboxylic acids is 1. The first-order chi connectivity index (χ1) is 9.85. The maximum atomic E-state index is 11.8. The lowest BCUT2D eigenvalue weighted by atomic mass is 10.0. The van der Waals surface area contributed by atoms with Gasteiger partial charge in [-0.25, -0.2) is 4.79 Å². The van der Waals surface area contributed by atoms with Crippen molar-refractivity contribution in [2.75, 3.05) is 7.11 Å². The fourth-order valence-corrected chi connectivity index (χ4v) is 2.16. The molecule has 0 saturated heterocycles. The number of ether oxygens (including phenoxy) is 1. The molecule has 0 radical (unpaired) electrons. The molecule has 0 unspecified atom stereocenters. The molecule has 1 aromatic carbocycles. The minimum Gasteiger partial charge on any atom is -0.495 e. The SMILES string of the molecule is COc1ccc(CCC(=O)N[C@H](C(=O)O)C(C)C)cc1Cl. The zero-order valence-electron chi connectivity index (χ0n) is 12.4. The van der Waals surface area contributed by atoms with Gasteiger partial charge in [-0.2, -0.15) is 0 Å². The quantitative estimate of drug-likeness (QED) is 0.811. The molecule has 116 valence electrons. The molecular formula is C15H20ClNO4. The minimum atomic E-state index is -1.02. The summed E-state index contributed by atoms with van der Waals surface area (Å²) in [4.78, 5) is 22.8. The van der Waals surface area contributed by atoms with Crippen molar-refractivity contribution in [2.45, 2.75) is 32.7 Å². The Hall–Kier alpha value is -1.75. The Balaban J connectivity index is 2.56. The maximum absolute atomic E-state index is 11.8. The van der Waals surface area contributed by atoms with Gasteiger partial charge in [0.15, 0.2) is 0 Å².